The first-order valence-electron chi connectivity index (χ1n) is 18.5. The molecule has 0 fully saturated rings. The average Bonchev–Trinajstić information content (AvgIpc) is 3.81. The molecule has 2 heterocycles. The van der Waals surface area contributed by atoms with Crippen molar-refractivity contribution in [3.05, 3.63) is 182 Å². The van der Waals surface area contributed by atoms with Crippen LogP contribution >= 0.6 is 0 Å². The fraction of sp³-hybridized carbons (Fsp3) is 0. The van der Waals surface area contributed by atoms with E-state index in [-0.39, 0.29) is 0 Å². The Bertz CT molecular complexity index is 3430. The van der Waals surface area contributed by atoms with Crippen LogP contribution in [0.5, 0.6) is 0 Å². The smallest absolute Gasteiger partial charge is 0.147 e. The van der Waals surface area contributed by atoms with Gasteiger partial charge in [0.1, 0.15) is 22.3 Å². The first kappa shape index (κ1) is 29.4. The van der Waals surface area contributed by atoms with E-state index < -0.39 is 0 Å². The lowest BCUT2D eigenvalue weighted by molar-refractivity contribution is 0.665. The predicted octanol–water partition coefficient (Wildman–Crippen LogP) is 15.1. The van der Waals surface area contributed by atoms with E-state index in [1.54, 1.807) is 0 Å². The number of hydrogen-bond acceptors (Lipinski definition) is 2. The monoisotopic (exact) mass is 686 g/mol. The second kappa shape index (κ2) is 11.2. The Morgan fingerprint density at radius 3 is 1.57 bits per heavy atom. The van der Waals surface area contributed by atoms with Gasteiger partial charge in [0.2, 0.25) is 0 Å². The minimum absolute atomic E-state index is 0.839. The van der Waals surface area contributed by atoms with Gasteiger partial charge in [0, 0.05) is 21.5 Å². The van der Waals surface area contributed by atoms with Gasteiger partial charge in [0.15, 0.2) is 0 Å². The summed E-state index contributed by atoms with van der Waals surface area (Å²) in [4.78, 5) is 0. The van der Waals surface area contributed by atoms with E-state index >= 15 is 0 Å². The maximum absolute atomic E-state index is 6.80. The second-order valence-electron chi connectivity index (χ2n) is 14.3. The third-order valence-electron chi connectivity index (χ3n) is 11.5. The van der Waals surface area contributed by atoms with E-state index in [0.29, 0.717) is 0 Å². The molecular formula is C52H30O2. The van der Waals surface area contributed by atoms with E-state index in [0.717, 1.165) is 54.8 Å². The Morgan fingerprint density at radius 1 is 0.278 bits per heavy atom. The Morgan fingerprint density at radius 2 is 0.833 bits per heavy atom. The second-order valence-corrected chi connectivity index (χ2v) is 14.3. The van der Waals surface area contributed by atoms with Crippen molar-refractivity contribution in [2.75, 3.05) is 0 Å². The molecule has 0 aliphatic rings. The molecule has 0 atom stereocenters. The Balaban J connectivity index is 1.07. The Hall–Kier alpha value is -7.16. The molecule has 0 N–H and O–H groups in total. The summed E-state index contributed by atoms with van der Waals surface area (Å²) >= 11 is 0. The summed E-state index contributed by atoms with van der Waals surface area (Å²) in [6.45, 7) is 0. The largest absolute Gasteiger partial charge is 0.455 e. The predicted molar refractivity (Wildman–Crippen MR) is 227 cm³/mol. The van der Waals surface area contributed by atoms with Crippen molar-refractivity contribution in [2.45, 2.75) is 0 Å². The molecule has 0 radical (unpaired) electrons. The summed E-state index contributed by atoms with van der Waals surface area (Å²) in [5.74, 6) is 0. The summed E-state index contributed by atoms with van der Waals surface area (Å²) in [6.07, 6.45) is 0. The number of hydrogen-bond donors (Lipinski definition) is 0. The van der Waals surface area contributed by atoms with Gasteiger partial charge < -0.3 is 8.83 Å². The third-order valence-corrected chi connectivity index (χ3v) is 11.5. The van der Waals surface area contributed by atoms with Crippen LogP contribution in [-0.2, 0) is 0 Å². The van der Waals surface area contributed by atoms with Gasteiger partial charge in [-0.05, 0) is 101 Å². The van der Waals surface area contributed by atoms with Crippen LogP contribution in [0.15, 0.2) is 191 Å². The van der Waals surface area contributed by atoms with Gasteiger partial charge in [-0.25, -0.2) is 0 Å². The Labute approximate surface area is 310 Å². The highest BCUT2D eigenvalue weighted by atomic mass is 16.3. The SMILES string of the molecule is c1ccc(-c2c3ccccc3c(-c3ccc(-c4ccc5c(c4)oc4c5ccc5oc6c7ccccc7ccc6c54)c4ccccc34)c3ccccc23)cc1. The average molecular weight is 687 g/mol. The molecule has 0 spiro atoms. The van der Waals surface area contributed by atoms with Crippen LogP contribution in [0, 0.1) is 0 Å². The molecule has 0 aliphatic heterocycles. The van der Waals surface area contributed by atoms with Crippen LogP contribution in [0.1, 0.15) is 0 Å². The zero-order chi connectivity index (χ0) is 35.3. The van der Waals surface area contributed by atoms with Gasteiger partial charge in [0.25, 0.3) is 0 Å². The zero-order valence-electron chi connectivity index (χ0n) is 29.1. The van der Waals surface area contributed by atoms with Crippen molar-refractivity contribution in [2.24, 2.45) is 0 Å². The van der Waals surface area contributed by atoms with E-state index in [9.17, 15) is 0 Å². The van der Waals surface area contributed by atoms with Crippen molar-refractivity contribution in [3.8, 4) is 33.4 Å². The minimum Gasteiger partial charge on any atom is -0.455 e. The quantitative estimate of drug-likeness (QED) is 0.173. The van der Waals surface area contributed by atoms with Gasteiger partial charge in [-0.3, -0.25) is 0 Å². The van der Waals surface area contributed by atoms with Crippen molar-refractivity contribution < 1.29 is 8.83 Å². The summed E-state index contributed by atoms with van der Waals surface area (Å²) in [6, 6.07) is 65.6. The molecule has 2 nitrogen and oxygen atoms in total. The molecule has 2 aromatic heterocycles. The lowest BCUT2D eigenvalue weighted by atomic mass is 9.84. The maximum Gasteiger partial charge on any atom is 0.147 e. The summed E-state index contributed by atoms with van der Waals surface area (Å²) in [5, 5.41) is 14.0. The molecule has 0 unspecified atom stereocenters. The fourth-order valence-electron chi connectivity index (χ4n) is 9.09. The van der Waals surface area contributed by atoms with E-state index in [4.69, 9.17) is 8.83 Å². The van der Waals surface area contributed by atoms with Gasteiger partial charge >= 0.3 is 0 Å². The van der Waals surface area contributed by atoms with Crippen LogP contribution in [0.2, 0.25) is 0 Å². The zero-order valence-corrected chi connectivity index (χ0v) is 29.1. The molecule has 2 heteroatoms. The summed E-state index contributed by atoms with van der Waals surface area (Å²) in [5.41, 5.74) is 10.8. The molecule has 0 amide bonds. The lowest BCUT2D eigenvalue weighted by Gasteiger charge is -2.19. The van der Waals surface area contributed by atoms with Crippen molar-refractivity contribution in [1.29, 1.82) is 0 Å². The fourth-order valence-corrected chi connectivity index (χ4v) is 9.09. The summed E-state index contributed by atoms with van der Waals surface area (Å²) in [7, 11) is 0. The van der Waals surface area contributed by atoms with E-state index in [1.165, 1.54) is 65.5 Å². The maximum atomic E-state index is 6.80. The molecule has 0 saturated heterocycles. The molecule has 12 rings (SSSR count). The van der Waals surface area contributed by atoms with Gasteiger partial charge in [-0.15, -0.1) is 0 Å². The highest BCUT2D eigenvalue weighted by Gasteiger charge is 2.21. The lowest BCUT2D eigenvalue weighted by Crippen LogP contribution is -1.92. The molecule has 250 valence electrons. The highest BCUT2D eigenvalue weighted by Crippen LogP contribution is 2.47. The number of furan rings is 2. The summed E-state index contributed by atoms with van der Waals surface area (Å²) < 4.78 is 13.3. The first-order valence-corrected chi connectivity index (χ1v) is 18.5. The molecular weight excluding hydrogens is 657 g/mol. The van der Waals surface area contributed by atoms with Crippen molar-refractivity contribution in [1.82, 2.24) is 0 Å². The highest BCUT2D eigenvalue weighted by molar-refractivity contribution is 6.26. The molecule has 0 saturated carbocycles. The van der Waals surface area contributed by atoms with Crippen LogP contribution in [0.4, 0.5) is 0 Å². The van der Waals surface area contributed by atoms with Crippen LogP contribution in [0.3, 0.4) is 0 Å². The first-order chi connectivity index (χ1) is 26.8. The topological polar surface area (TPSA) is 26.3 Å². The van der Waals surface area contributed by atoms with Crippen molar-refractivity contribution >= 4 is 87.0 Å². The van der Waals surface area contributed by atoms with Gasteiger partial charge in [-0.1, -0.05) is 152 Å². The van der Waals surface area contributed by atoms with E-state index in [2.05, 4.69) is 182 Å². The minimum atomic E-state index is 0.839. The molecule has 10 aromatic carbocycles. The normalized spacial score (nSPS) is 12.1. The molecule has 0 aliphatic carbocycles. The van der Waals surface area contributed by atoms with Crippen LogP contribution in [0.25, 0.3) is 120 Å². The number of fused-ring (bicyclic) bond motifs is 12. The molecule has 12 aromatic rings. The van der Waals surface area contributed by atoms with Crippen LogP contribution in [-0.4, -0.2) is 0 Å². The molecule has 54 heavy (non-hydrogen) atoms. The Kier molecular flexibility index (Phi) is 6.09. The van der Waals surface area contributed by atoms with Gasteiger partial charge in [-0.2, -0.15) is 0 Å². The molecule has 0 bridgehead atoms. The van der Waals surface area contributed by atoms with Crippen molar-refractivity contribution in [3.63, 3.8) is 0 Å². The van der Waals surface area contributed by atoms with E-state index in [1.807, 2.05) is 0 Å². The standard InChI is InChI=1S/C52H30O2/c1-2-13-32(14-3-1)48-39-18-8-10-20-41(39)49(42-21-11-9-19-40(42)48)43-27-26-34(36-16-6-7-17-37(36)43)33-23-24-38-44-28-29-46-50(52(44)54-47(38)30-33)45-25-22-31-12-4-5-15-35(31)51(45)53-46/h1-30H. The van der Waals surface area contributed by atoms with Crippen LogP contribution < -0.4 is 0 Å². The van der Waals surface area contributed by atoms with Gasteiger partial charge in [0.05, 0.1) is 5.39 Å². The number of benzene rings is 10. The number of rotatable bonds is 3. The third kappa shape index (κ3) is 4.11.